The molecule has 0 atom stereocenters. The molecular weight excluding hydrogens is 443 g/mol. The van der Waals surface area contributed by atoms with Crippen LogP contribution in [0.25, 0.3) is 0 Å². The van der Waals surface area contributed by atoms with Gasteiger partial charge in [-0.3, -0.25) is 14.3 Å². The third-order valence-corrected chi connectivity index (χ3v) is 4.65. The van der Waals surface area contributed by atoms with Crippen molar-refractivity contribution in [3.63, 3.8) is 0 Å². The number of sulfonamides is 1. The third kappa shape index (κ3) is 7.12. The number of aliphatic carboxylic acids is 1. The van der Waals surface area contributed by atoms with Crippen molar-refractivity contribution < 1.29 is 27.9 Å². The average molecular weight is 461 g/mol. The van der Waals surface area contributed by atoms with Crippen LogP contribution in [0, 0.1) is 6.92 Å². The molecule has 2 rings (SSSR count). The summed E-state index contributed by atoms with van der Waals surface area (Å²) in [5, 5.41) is 11.0. The molecule has 156 valence electrons. The molecule has 0 aliphatic carbocycles. The van der Waals surface area contributed by atoms with Crippen LogP contribution in [-0.4, -0.2) is 38.2 Å². The monoisotopic (exact) mass is 460 g/mol. The van der Waals surface area contributed by atoms with E-state index >= 15 is 0 Å². The van der Waals surface area contributed by atoms with Crippen molar-refractivity contribution in [2.75, 3.05) is 17.5 Å². The minimum absolute atomic E-state index is 0.0458. The van der Waals surface area contributed by atoms with Crippen molar-refractivity contribution in [1.29, 1.82) is 0 Å². The zero-order valence-electron chi connectivity index (χ0n) is 15.5. The second-order valence-electron chi connectivity index (χ2n) is 6.22. The first-order valence-corrected chi connectivity index (χ1v) is 10.8. The molecular formula is C18H18Cl2N2O6S. The molecule has 8 nitrogen and oxygen atoms in total. The molecule has 1 amide bonds. The lowest BCUT2D eigenvalue weighted by Gasteiger charge is -2.13. The lowest BCUT2D eigenvalue weighted by Crippen LogP contribution is -2.29. The van der Waals surface area contributed by atoms with E-state index in [0.717, 1.165) is 11.8 Å². The fraction of sp³-hybridized carbons (Fsp3) is 0.222. The van der Waals surface area contributed by atoms with Crippen LogP contribution in [-0.2, 0) is 21.4 Å². The molecule has 0 bridgehead atoms. The summed E-state index contributed by atoms with van der Waals surface area (Å²) in [4.78, 5) is 22.5. The molecule has 2 aromatic carbocycles. The quantitative estimate of drug-likeness (QED) is 0.556. The average Bonchev–Trinajstić information content (AvgIpc) is 2.56. The van der Waals surface area contributed by atoms with Gasteiger partial charge in [-0.05, 0) is 42.3 Å². The van der Waals surface area contributed by atoms with Crippen molar-refractivity contribution in [3.05, 3.63) is 57.1 Å². The second kappa shape index (κ2) is 9.34. The fourth-order valence-electron chi connectivity index (χ4n) is 2.46. The van der Waals surface area contributed by atoms with Crippen molar-refractivity contribution in [2.24, 2.45) is 0 Å². The topological polar surface area (TPSA) is 122 Å². The number of nitrogens with one attached hydrogen (secondary N) is 2. The minimum atomic E-state index is -3.42. The molecule has 0 aromatic heterocycles. The normalized spacial score (nSPS) is 11.0. The van der Waals surface area contributed by atoms with Gasteiger partial charge in [-0.1, -0.05) is 29.3 Å². The predicted molar refractivity (Wildman–Crippen MR) is 110 cm³/mol. The van der Waals surface area contributed by atoms with E-state index in [-0.39, 0.29) is 28.0 Å². The van der Waals surface area contributed by atoms with E-state index in [9.17, 15) is 18.0 Å². The summed E-state index contributed by atoms with van der Waals surface area (Å²) in [5.74, 6) is -1.68. The molecule has 0 unspecified atom stereocenters. The molecule has 0 saturated heterocycles. The first kappa shape index (κ1) is 22.8. The van der Waals surface area contributed by atoms with E-state index in [1.165, 1.54) is 12.1 Å². The Labute approximate surface area is 177 Å². The van der Waals surface area contributed by atoms with Gasteiger partial charge in [0.05, 0.1) is 16.3 Å². The molecule has 11 heteroatoms. The van der Waals surface area contributed by atoms with Gasteiger partial charge >= 0.3 is 5.97 Å². The zero-order chi connectivity index (χ0) is 21.8. The third-order valence-electron chi connectivity index (χ3n) is 3.48. The number of amides is 1. The fourth-order valence-corrected chi connectivity index (χ4v) is 3.60. The molecule has 0 aliphatic rings. The highest BCUT2D eigenvalue weighted by atomic mass is 35.5. The Morgan fingerprint density at radius 2 is 1.72 bits per heavy atom. The number of aryl methyl sites for hydroxylation is 1. The predicted octanol–water partition coefficient (Wildman–Crippen LogP) is 3.07. The summed E-state index contributed by atoms with van der Waals surface area (Å²) in [6.45, 7) is 1.31. The molecule has 3 N–H and O–H groups in total. The van der Waals surface area contributed by atoms with Crippen LogP contribution in [0.5, 0.6) is 5.75 Å². The van der Waals surface area contributed by atoms with E-state index in [0.29, 0.717) is 11.3 Å². The van der Waals surface area contributed by atoms with Gasteiger partial charge in [0.1, 0.15) is 13.2 Å². The van der Waals surface area contributed by atoms with Gasteiger partial charge < -0.3 is 15.2 Å². The Morgan fingerprint density at radius 3 is 2.28 bits per heavy atom. The van der Waals surface area contributed by atoms with Gasteiger partial charge in [0.15, 0.2) is 5.75 Å². The number of halogens is 2. The number of hydrogen-bond donors (Lipinski definition) is 3. The van der Waals surface area contributed by atoms with Crippen molar-refractivity contribution in [2.45, 2.75) is 13.5 Å². The summed E-state index contributed by atoms with van der Waals surface area (Å²) < 4.78 is 30.9. The van der Waals surface area contributed by atoms with E-state index in [4.69, 9.17) is 33.0 Å². The maximum absolute atomic E-state index is 11.9. The first-order chi connectivity index (χ1) is 13.4. The van der Waals surface area contributed by atoms with Crippen LogP contribution in [0.15, 0.2) is 30.3 Å². The second-order valence-corrected chi connectivity index (χ2v) is 8.78. The van der Waals surface area contributed by atoms with Crippen LogP contribution >= 0.6 is 23.2 Å². The van der Waals surface area contributed by atoms with Crippen LogP contribution in [0.4, 0.5) is 5.69 Å². The van der Waals surface area contributed by atoms with Gasteiger partial charge in [0.25, 0.3) is 5.91 Å². The van der Waals surface area contributed by atoms with Gasteiger partial charge in [-0.25, -0.2) is 8.42 Å². The minimum Gasteiger partial charge on any atom is -0.486 e. The van der Waals surface area contributed by atoms with E-state index in [1.807, 2.05) is 6.07 Å². The van der Waals surface area contributed by atoms with Crippen molar-refractivity contribution in [1.82, 2.24) is 5.32 Å². The SMILES string of the molecule is Cc1cc(COc2c(Cl)cc(C(=O)NCC(=O)O)cc2Cl)cc(NS(C)(=O)=O)c1. The van der Waals surface area contributed by atoms with Gasteiger partial charge in [0.2, 0.25) is 10.0 Å². The summed E-state index contributed by atoms with van der Waals surface area (Å²) in [7, 11) is -3.42. The molecule has 0 heterocycles. The lowest BCUT2D eigenvalue weighted by molar-refractivity contribution is -0.135. The molecule has 0 saturated carbocycles. The number of rotatable bonds is 8. The Hall–Kier alpha value is -2.49. The number of carbonyl (C=O) groups excluding carboxylic acids is 1. The standard InChI is InChI=1S/C18H18Cl2N2O6S/c1-10-3-11(5-13(4-10)22-29(2,26)27)9-28-17-14(19)6-12(7-15(17)20)18(25)21-8-16(23)24/h3-7,22H,8-9H2,1-2H3,(H,21,25)(H,23,24). The van der Waals surface area contributed by atoms with Crippen LogP contribution in [0.1, 0.15) is 21.5 Å². The summed E-state index contributed by atoms with van der Waals surface area (Å²) in [6, 6.07) is 7.72. The van der Waals surface area contributed by atoms with Gasteiger partial charge in [-0.2, -0.15) is 0 Å². The lowest BCUT2D eigenvalue weighted by atomic mass is 10.1. The van der Waals surface area contributed by atoms with E-state index in [2.05, 4.69) is 10.0 Å². The first-order valence-electron chi connectivity index (χ1n) is 8.15. The Bertz CT molecular complexity index is 1030. The molecule has 0 spiro atoms. The van der Waals surface area contributed by atoms with Crippen LogP contribution < -0.4 is 14.8 Å². The number of benzene rings is 2. The van der Waals surface area contributed by atoms with E-state index < -0.39 is 28.4 Å². The smallest absolute Gasteiger partial charge is 0.322 e. The molecule has 0 radical (unpaired) electrons. The molecule has 29 heavy (non-hydrogen) atoms. The highest BCUT2D eigenvalue weighted by molar-refractivity contribution is 7.92. The number of anilines is 1. The zero-order valence-corrected chi connectivity index (χ0v) is 17.8. The highest BCUT2D eigenvalue weighted by Gasteiger charge is 2.15. The highest BCUT2D eigenvalue weighted by Crippen LogP contribution is 2.35. The molecule has 2 aromatic rings. The molecule has 0 fully saturated rings. The summed E-state index contributed by atoms with van der Waals surface area (Å²) >= 11 is 12.3. The Kier molecular flexibility index (Phi) is 7.34. The largest absolute Gasteiger partial charge is 0.486 e. The Balaban J connectivity index is 2.17. The Morgan fingerprint density at radius 1 is 1.10 bits per heavy atom. The number of carboxylic acids is 1. The summed E-state index contributed by atoms with van der Waals surface area (Å²) in [5.41, 5.74) is 1.98. The van der Waals surface area contributed by atoms with Crippen LogP contribution in [0.2, 0.25) is 10.0 Å². The number of ether oxygens (including phenoxy) is 1. The van der Waals surface area contributed by atoms with Gasteiger partial charge in [-0.15, -0.1) is 0 Å². The van der Waals surface area contributed by atoms with Crippen LogP contribution in [0.3, 0.4) is 0 Å². The van der Waals surface area contributed by atoms with Gasteiger partial charge in [0, 0.05) is 11.3 Å². The van der Waals surface area contributed by atoms with Crippen molar-refractivity contribution in [3.8, 4) is 5.75 Å². The van der Waals surface area contributed by atoms with Crippen molar-refractivity contribution >= 4 is 50.8 Å². The maximum atomic E-state index is 11.9. The maximum Gasteiger partial charge on any atom is 0.322 e. The number of carboxylic acid groups (broad SMARTS) is 1. The summed E-state index contributed by atoms with van der Waals surface area (Å²) in [6.07, 6.45) is 1.05. The van der Waals surface area contributed by atoms with E-state index in [1.54, 1.807) is 19.1 Å². The molecule has 0 aliphatic heterocycles. The number of hydrogen-bond acceptors (Lipinski definition) is 5. The number of carbonyl (C=O) groups is 2.